The number of hydrogen-bond donors (Lipinski definition) is 1. The van der Waals surface area contributed by atoms with Crippen molar-refractivity contribution in [2.24, 2.45) is 0 Å². The van der Waals surface area contributed by atoms with Crippen LogP contribution in [0.1, 0.15) is 37.0 Å². The van der Waals surface area contributed by atoms with Crippen LogP contribution in [0, 0.1) is 0 Å². The standard InChI is InChI=1S/C22H25NO2/c1-23(2)21(20-16-17-8-6-7-11-19(17)25-20)12-14-22(24,15-13-21)18-9-4-3-5-10-18/h3-11,16,24H,12-15H2,1-2H3. The Hall–Kier alpha value is -2.10. The van der Waals surface area contributed by atoms with Crippen LogP contribution in [-0.2, 0) is 11.1 Å². The van der Waals surface area contributed by atoms with Crippen LogP contribution in [0.15, 0.2) is 65.1 Å². The summed E-state index contributed by atoms with van der Waals surface area (Å²) in [5.41, 5.74) is 1.04. The molecule has 130 valence electrons. The molecule has 3 aromatic rings. The van der Waals surface area contributed by atoms with Gasteiger partial charge in [-0.2, -0.15) is 0 Å². The fourth-order valence-electron chi connectivity index (χ4n) is 4.24. The lowest BCUT2D eigenvalue weighted by Crippen LogP contribution is -2.47. The molecule has 0 bridgehead atoms. The monoisotopic (exact) mass is 335 g/mol. The highest BCUT2D eigenvalue weighted by molar-refractivity contribution is 5.78. The Morgan fingerprint density at radius 1 is 0.880 bits per heavy atom. The molecule has 1 N–H and O–H groups in total. The van der Waals surface area contributed by atoms with E-state index in [0.717, 1.165) is 48.0 Å². The van der Waals surface area contributed by atoms with Crippen LogP contribution in [-0.4, -0.2) is 24.1 Å². The highest BCUT2D eigenvalue weighted by Crippen LogP contribution is 2.49. The molecule has 0 unspecified atom stereocenters. The minimum Gasteiger partial charge on any atom is -0.459 e. The Morgan fingerprint density at radius 2 is 1.52 bits per heavy atom. The number of furan rings is 1. The second kappa shape index (κ2) is 6.01. The van der Waals surface area contributed by atoms with Crippen molar-refractivity contribution < 1.29 is 9.52 Å². The van der Waals surface area contributed by atoms with Gasteiger partial charge in [-0.25, -0.2) is 0 Å². The first kappa shape index (κ1) is 16.4. The minimum atomic E-state index is -0.743. The fraction of sp³-hybridized carbons (Fsp3) is 0.364. The number of fused-ring (bicyclic) bond motifs is 1. The maximum atomic E-state index is 11.2. The Balaban J connectivity index is 1.68. The van der Waals surface area contributed by atoms with Crippen molar-refractivity contribution in [3.63, 3.8) is 0 Å². The van der Waals surface area contributed by atoms with Crippen LogP contribution >= 0.6 is 0 Å². The summed E-state index contributed by atoms with van der Waals surface area (Å²) in [5.74, 6) is 1.01. The van der Waals surface area contributed by atoms with Gasteiger partial charge in [0.15, 0.2) is 0 Å². The van der Waals surface area contributed by atoms with E-state index in [1.165, 1.54) is 0 Å². The molecule has 0 atom stereocenters. The van der Waals surface area contributed by atoms with E-state index >= 15 is 0 Å². The van der Waals surface area contributed by atoms with Crippen molar-refractivity contribution in [1.29, 1.82) is 0 Å². The van der Waals surface area contributed by atoms with Gasteiger partial charge >= 0.3 is 0 Å². The molecule has 25 heavy (non-hydrogen) atoms. The molecule has 1 aliphatic carbocycles. The van der Waals surface area contributed by atoms with Crippen LogP contribution in [0.25, 0.3) is 11.0 Å². The molecule has 0 spiro atoms. The molecule has 1 aliphatic rings. The number of para-hydroxylation sites is 1. The normalized spacial score (nSPS) is 27.0. The molecule has 0 aliphatic heterocycles. The summed E-state index contributed by atoms with van der Waals surface area (Å²) in [7, 11) is 4.22. The minimum absolute atomic E-state index is 0.167. The highest BCUT2D eigenvalue weighted by atomic mass is 16.3. The van der Waals surface area contributed by atoms with E-state index < -0.39 is 5.60 Å². The van der Waals surface area contributed by atoms with Crippen molar-refractivity contribution in [3.8, 4) is 0 Å². The summed E-state index contributed by atoms with van der Waals surface area (Å²) in [6.07, 6.45) is 3.19. The van der Waals surface area contributed by atoms with Gasteiger partial charge in [0.1, 0.15) is 11.3 Å². The van der Waals surface area contributed by atoms with E-state index in [9.17, 15) is 5.11 Å². The molecule has 0 saturated heterocycles. The zero-order valence-electron chi connectivity index (χ0n) is 14.9. The molecular weight excluding hydrogens is 310 g/mol. The van der Waals surface area contributed by atoms with Gasteiger partial charge in [-0.3, -0.25) is 4.90 Å². The quantitative estimate of drug-likeness (QED) is 0.757. The van der Waals surface area contributed by atoms with Crippen LogP contribution < -0.4 is 0 Å². The zero-order valence-corrected chi connectivity index (χ0v) is 14.9. The number of benzene rings is 2. The van der Waals surface area contributed by atoms with Crippen molar-refractivity contribution in [2.75, 3.05) is 14.1 Å². The number of hydrogen-bond acceptors (Lipinski definition) is 3. The number of aliphatic hydroxyl groups is 1. The van der Waals surface area contributed by atoms with Gasteiger partial charge in [-0.05, 0) is 57.5 Å². The lowest BCUT2D eigenvalue weighted by atomic mass is 9.70. The fourth-order valence-corrected chi connectivity index (χ4v) is 4.24. The maximum absolute atomic E-state index is 11.2. The smallest absolute Gasteiger partial charge is 0.134 e. The first-order valence-corrected chi connectivity index (χ1v) is 8.98. The average Bonchev–Trinajstić information content (AvgIpc) is 3.07. The van der Waals surface area contributed by atoms with Gasteiger partial charge in [0.25, 0.3) is 0 Å². The second-order valence-electron chi connectivity index (χ2n) is 7.47. The predicted molar refractivity (Wildman–Crippen MR) is 100 cm³/mol. The number of nitrogens with zero attached hydrogens (tertiary/aromatic N) is 1. The maximum Gasteiger partial charge on any atom is 0.134 e. The van der Waals surface area contributed by atoms with Crippen LogP contribution in [0.2, 0.25) is 0 Å². The molecule has 0 radical (unpaired) electrons. The first-order chi connectivity index (χ1) is 12.0. The van der Waals surface area contributed by atoms with Gasteiger partial charge in [0, 0.05) is 5.39 Å². The third-order valence-corrected chi connectivity index (χ3v) is 5.96. The molecule has 3 heteroatoms. The van der Waals surface area contributed by atoms with Gasteiger partial charge in [0.05, 0.1) is 11.1 Å². The van der Waals surface area contributed by atoms with E-state index in [4.69, 9.17) is 4.42 Å². The highest BCUT2D eigenvalue weighted by Gasteiger charge is 2.46. The van der Waals surface area contributed by atoms with Gasteiger partial charge < -0.3 is 9.52 Å². The second-order valence-corrected chi connectivity index (χ2v) is 7.47. The van der Waals surface area contributed by atoms with E-state index in [2.05, 4.69) is 31.1 Å². The zero-order chi connectivity index (χ0) is 17.5. The largest absolute Gasteiger partial charge is 0.459 e. The van der Waals surface area contributed by atoms with Gasteiger partial charge in [-0.1, -0.05) is 48.5 Å². The summed E-state index contributed by atoms with van der Waals surface area (Å²) < 4.78 is 6.22. The third-order valence-electron chi connectivity index (χ3n) is 5.96. The molecule has 2 aromatic carbocycles. The molecule has 0 amide bonds. The summed E-state index contributed by atoms with van der Waals surface area (Å²) in [4.78, 5) is 2.26. The summed E-state index contributed by atoms with van der Waals surface area (Å²) in [6.45, 7) is 0. The molecule has 1 heterocycles. The van der Waals surface area contributed by atoms with E-state index in [1.807, 2.05) is 48.5 Å². The summed E-state index contributed by atoms with van der Waals surface area (Å²) in [5, 5.41) is 12.3. The van der Waals surface area contributed by atoms with Crippen LogP contribution in [0.5, 0.6) is 0 Å². The number of rotatable bonds is 3. The average molecular weight is 335 g/mol. The topological polar surface area (TPSA) is 36.6 Å². The molecular formula is C22H25NO2. The lowest BCUT2D eigenvalue weighted by Gasteiger charge is -2.46. The van der Waals surface area contributed by atoms with Crippen molar-refractivity contribution in [2.45, 2.75) is 36.8 Å². The van der Waals surface area contributed by atoms with E-state index in [0.29, 0.717) is 0 Å². The van der Waals surface area contributed by atoms with Gasteiger partial charge in [-0.15, -0.1) is 0 Å². The Morgan fingerprint density at radius 3 is 2.16 bits per heavy atom. The van der Waals surface area contributed by atoms with Crippen LogP contribution in [0.3, 0.4) is 0 Å². The Labute approximate surface area is 148 Å². The lowest BCUT2D eigenvalue weighted by molar-refractivity contribution is -0.0565. The Kier molecular flexibility index (Phi) is 3.94. The molecule has 1 aromatic heterocycles. The molecule has 4 rings (SSSR count). The van der Waals surface area contributed by atoms with Crippen molar-refractivity contribution in [3.05, 3.63) is 72.0 Å². The molecule has 1 saturated carbocycles. The predicted octanol–water partition coefficient (Wildman–Crippen LogP) is 4.65. The van der Waals surface area contributed by atoms with Crippen molar-refractivity contribution >= 4 is 11.0 Å². The molecule has 3 nitrogen and oxygen atoms in total. The van der Waals surface area contributed by atoms with Crippen LogP contribution in [0.4, 0.5) is 0 Å². The van der Waals surface area contributed by atoms with E-state index in [1.54, 1.807) is 0 Å². The van der Waals surface area contributed by atoms with Crippen molar-refractivity contribution in [1.82, 2.24) is 4.90 Å². The Bertz CT molecular complexity index is 825. The molecule has 1 fully saturated rings. The van der Waals surface area contributed by atoms with Gasteiger partial charge in [0.2, 0.25) is 0 Å². The third kappa shape index (κ3) is 2.68. The van der Waals surface area contributed by atoms with E-state index in [-0.39, 0.29) is 5.54 Å². The first-order valence-electron chi connectivity index (χ1n) is 8.98. The SMILES string of the molecule is CN(C)C1(c2cc3ccccc3o2)CCC(O)(c2ccccc2)CC1. The summed E-state index contributed by atoms with van der Waals surface area (Å²) >= 11 is 0. The summed E-state index contributed by atoms with van der Waals surface area (Å²) in [6, 6.07) is 20.4.